The Morgan fingerprint density at radius 1 is 1.05 bits per heavy atom. The fourth-order valence-electron chi connectivity index (χ4n) is 2.17. The molecule has 4 heteroatoms. The van der Waals surface area contributed by atoms with Crippen molar-refractivity contribution in [3.05, 3.63) is 66.6 Å². The fourth-order valence-corrected chi connectivity index (χ4v) is 2.17. The van der Waals surface area contributed by atoms with Crippen LogP contribution >= 0.6 is 0 Å². The Balaban J connectivity index is 2.03. The van der Waals surface area contributed by atoms with Crippen LogP contribution in [0.3, 0.4) is 0 Å². The van der Waals surface area contributed by atoms with Crippen molar-refractivity contribution in [1.29, 1.82) is 0 Å². The van der Waals surface area contributed by atoms with E-state index in [-0.39, 0.29) is 6.04 Å². The maximum Gasteiger partial charge on any atom is 0.158 e. The standard InChI is InChI=1S/C16H16N4/c1-12(17)15-8-5-9-18-16(15)20-11-14(10-19-20)13-6-3-2-4-7-13/h2-12H,17H2,1H3. The molecule has 2 N–H and O–H groups in total. The molecule has 0 bridgehead atoms. The second kappa shape index (κ2) is 5.27. The van der Waals surface area contributed by atoms with Crippen molar-refractivity contribution in [2.24, 2.45) is 5.73 Å². The Hall–Kier alpha value is -2.46. The first-order chi connectivity index (χ1) is 9.75. The average molecular weight is 264 g/mol. The van der Waals surface area contributed by atoms with Gasteiger partial charge in [0.05, 0.1) is 6.20 Å². The Morgan fingerprint density at radius 2 is 1.85 bits per heavy atom. The van der Waals surface area contributed by atoms with Crippen LogP contribution in [0.1, 0.15) is 18.5 Å². The quantitative estimate of drug-likeness (QED) is 0.791. The summed E-state index contributed by atoms with van der Waals surface area (Å²) in [6.07, 6.45) is 5.57. The van der Waals surface area contributed by atoms with Gasteiger partial charge in [-0.2, -0.15) is 5.10 Å². The Kier molecular flexibility index (Phi) is 3.31. The highest BCUT2D eigenvalue weighted by atomic mass is 15.3. The maximum atomic E-state index is 5.99. The van der Waals surface area contributed by atoms with Crippen LogP contribution in [0.5, 0.6) is 0 Å². The molecule has 2 heterocycles. The summed E-state index contributed by atoms with van der Waals surface area (Å²) in [5.74, 6) is 0.782. The molecular weight excluding hydrogens is 248 g/mol. The van der Waals surface area contributed by atoms with Crippen LogP contribution in [0.25, 0.3) is 16.9 Å². The van der Waals surface area contributed by atoms with E-state index < -0.39 is 0 Å². The van der Waals surface area contributed by atoms with Gasteiger partial charge in [0, 0.05) is 29.6 Å². The maximum absolute atomic E-state index is 5.99. The molecule has 3 aromatic rings. The molecule has 0 radical (unpaired) electrons. The van der Waals surface area contributed by atoms with Crippen LogP contribution in [0.2, 0.25) is 0 Å². The second-order valence-electron chi connectivity index (χ2n) is 4.74. The summed E-state index contributed by atoms with van der Waals surface area (Å²) in [6.45, 7) is 1.95. The highest BCUT2D eigenvalue weighted by Gasteiger charge is 2.11. The van der Waals surface area contributed by atoms with Gasteiger partial charge >= 0.3 is 0 Å². The lowest BCUT2D eigenvalue weighted by molar-refractivity contribution is 0.761. The van der Waals surface area contributed by atoms with Gasteiger partial charge < -0.3 is 5.73 Å². The molecule has 1 atom stereocenters. The van der Waals surface area contributed by atoms with Crippen LogP contribution < -0.4 is 5.73 Å². The molecule has 20 heavy (non-hydrogen) atoms. The van der Waals surface area contributed by atoms with E-state index in [0.717, 1.165) is 22.5 Å². The van der Waals surface area contributed by atoms with Crippen molar-refractivity contribution >= 4 is 0 Å². The van der Waals surface area contributed by atoms with Gasteiger partial charge in [0.15, 0.2) is 5.82 Å². The Labute approximate surface area is 117 Å². The highest BCUT2D eigenvalue weighted by Crippen LogP contribution is 2.22. The zero-order valence-corrected chi connectivity index (χ0v) is 11.3. The van der Waals surface area contributed by atoms with Crippen LogP contribution in [-0.2, 0) is 0 Å². The number of benzene rings is 1. The molecule has 0 spiro atoms. The van der Waals surface area contributed by atoms with Crippen molar-refractivity contribution < 1.29 is 0 Å². The summed E-state index contributed by atoms with van der Waals surface area (Å²) in [5, 5.41) is 4.40. The minimum Gasteiger partial charge on any atom is -0.324 e. The lowest BCUT2D eigenvalue weighted by Gasteiger charge is -2.10. The number of rotatable bonds is 3. The largest absolute Gasteiger partial charge is 0.324 e. The molecule has 1 aromatic carbocycles. The lowest BCUT2D eigenvalue weighted by Crippen LogP contribution is -2.11. The van der Waals surface area contributed by atoms with E-state index in [1.54, 1.807) is 10.9 Å². The first-order valence-corrected chi connectivity index (χ1v) is 6.56. The molecule has 0 aliphatic carbocycles. The molecule has 2 aromatic heterocycles. The molecule has 0 aliphatic rings. The van der Waals surface area contributed by atoms with Crippen molar-refractivity contribution in [1.82, 2.24) is 14.8 Å². The summed E-state index contributed by atoms with van der Waals surface area (Å²) < 4.78 is 1.78. The van der Waals surface area contributed by atoms with E-state index >= 15 is 0 Å². The topological polar surface area (TPSA) is 56.7 Å². The van der Waals surface area contributed by atoms with Gasteiger partial charge in [0.2, 0.25) is 0 Å². The molecule has 4 nitrogen and oxygen atoms in total. The Morgan fingerprint density at radius 3 is 2.60 bits per heavy atom. The van der Waals surface area contributed by atoms with Crippen molar-refractivity contribution in [3.8, 4) is 16.9 Å². The molecule has 0 aliphatic heterocycles. The van der Waals surface area contributed by atoms with Gasteiger partial charge in [-0.1, -0.05) is 36.4 Å². The zero-order valence-electron chi connectivity index (χ0n) is 11.3. The van der Waals surface area contributed by atoms with Gasteiger partial charge in [0.1, 0.15) is 0 Å². The smallest absolute Gasteiger partial charge is 0.158 e. The average Bonchev–Trinajstić information content (AvgIpc) is 2.98. The molecule has 3 rings (SSSR count). The second-order valence-corrected chi connectivity index (χ2v) is 4.74. The lowest BCUT2D eigenvalue weighted by atomic mass is 10.1. The van der Waals surface area contributed by atoms with Gasteiger partial charge in [-0.25, -0.2) is 9.67 Å². The molecule has 1 unspecified atom stereocenters. The number of pyridine rings is 1. The summed E-state index contributed by atoms with van der Waals surface area (Å²) in [6, 6.07) is 13.9. The summed E-state index contributed by atoms with van der Waals surface area (Å²) in [7, 11) is 0. The minimum atomic E-state index is -0.0805. The third-order valence-electron chi connectivity index (χ3n) is 3.21. The summed E-state index contributed by atoms with van der Waals surface area (Å²) in [4.78, 5) is 4.40. The molecule has 100 valence electrons. The minimum absolute atomic E-state index is 0.0805. The number of nitrogens with two attached hydrogens (primary N) is 1. The van der Waals surface area contributed by atoms with Crippen molar-refractivity contribution in [2.75, 3.05) is 0 Å². The van der Waals surface area contributed by atoms with E-state index in [2.05, 4.69) is 22.2 Å². The van der Waals surface area contributed by atoms with Gasteiger partial charge in [0.25, 0.3) is 0 Å². The third-order valence-corrected chi connectivity index (χ3v) is 3.21. The van der Waals surface area contributed by atoms with E-state index in [9.17, 15) is 0 Å². The SMILES string of the molecule is CC(N)c1cccnc1-n1cc(-c2ccccc2)cn1. The van der Waals surface area contributed by atoms with Crippen LogP contribution in [0, 0.1) is 0 Å². The Bertz CT molecular complexity index is 701. The highest BCUT2D eigenvalue weighted by molar-refractivity contribution is 5.62. The fraction of sp³-hybridized carbons (Fsp3) is 0.125. The summed E-state index contributed by atoms with van der Waals surface area (Å²) in [5.41, 5.74) is 9.17. The first kappa shape index (κ1) is 12.6. The van der Waals surface area contributed by atoms with Gasteiger partial charge in [-0.15, -0.1) is 0 Å². The molecule has 0 amide bonds. The summed E-state index contributed by atoms with van der Waals surface area (Å²) >= 11 is 0. The first-order valence-electron chi connectivity index (χ1n) is 6.56. The molecule has 0 fully saturated rings. The molecule has 0 saturated heterocycles. The molecular formula is C16H16N4. The zero-order chi connectivity index (χ0) is 13.9. The normalized spacial score (nSPS) is 12.3. The number of nitrogens with zero attached hydrogens (tertiary/aromatic N) is 3. The van der Waals surface area contributed by atoms with Crippen LogP contribution in [0.15, 0.2) is 61.1 Å². The van der Waals surface area contributed by atoms with E-state index in [1.807, 2.05) is 49.6 Å². The number of hydrogen-bond acceptors (Lipinski definition) is 3. The van der Waals surface area contributed by atoms with Gasteiger partial charge in [-0.05, 0) is 18.6 Å². The van der Waals surface area contributed by atoms with Gasteiger partial charge in [-0.3, -0.25) is 0 Å². The number of hydrogen-bond donors (Lipinski definition) is 1. The van der Waals surface area contributed by atoms with Crippen LogP contribution in [-0.4, -0.2) is 14.8 Å². The predicted octanol–water partition coefficient (Wildman–Crippen LogP) is 2.95. The monoisotopic (exact) mass is 264 g/mol. The third kappa shape index (κ3) is 2.33. The van der Waals surface area contributed by atoms with Crippen molar-refractivity contribution in [3.63, 3.8) is 0 Å². The van der Waals surface area contributed by atoms with Crippen molar-refractivity contribution in [2.45, 2.75) is 13.0 Å². The number of aromatic nitrogens is 3. The van der Waals surface area contributed by atoms with E-state index in [0.29, 0.717) is 0 Å². The van der Waals surface area contributed by atoms with Crippen LogP contribution in [0.4, 0.5) is 0 Å². The van der Waals surface area contributed by atoms with E-state index in [1.165, 1.54) is 0 Å². The molecule has 0 saturated carbocycles. The predicted molar refractivity (Wildman–Crippen MR) is 79.4 cm³/mol. The van der Waals surface area contributed by atoms with E-state index in [4.69, 9.17) is 5.73 Å².